The lowest BCUT2D eigenvalue weighted by Crippen LogP contribution is -2.40. The zero-order valence-corrected chi connectivity index (χ0v) is 20.3. The number of hydrogen-bond acceptors (Lipinski definition) is 6. The fraction of sp³-hybridized carbons (Fsp3) is 0.545. The minimum Gasteiger partial charge on any atom is -0.379 e. The molecule has 0 unspecified atom stereocenters. The fourth-order valence-electron chi connectivity index (χ4n) is 4.24. The second-order valence-electron chi connectivity index (χ2n) is 7.82. The number of fused-ring (bicyclic) bond motifs is 1. The molecule has 0 spiro atoms. The van der Waals surface area contributed by atoms with Crippen molar-refractivity contribution in [3.05, 3.63) is 30.0 Å². The van der Waals surface area contributed by atoms with Gasteiger partial charge in [0, 0.05) is 31.9 Å². The minimum absolute atomic E-state index is 0.0796. The number of amides is 1. The Labute approximate surface area is 193 Å². The van der Waals surface area contributed by atoms with Crippen molar-refractivity contribution in [1.82, 2.24) is 18.8 Å². The maximum Gasteiger partial charge on any atom is 0.243 e. The standard InChI is InChI=1S/C22H30N4O4S2/c1-3-25(17-7-5-6-8-17)21(27)16-31-22-23-19-15-18(9-10-20(19)26(22)4-2)32(28,29)24-11-13-30-14-12-24/h7,9-10,15H,3-6,8,11-14,16H2,1-2H3. The lowest BCUT2D eigenvalue weighted by Gasteiger charge is -2.26. The zero-order valence-electron chi connectivity index (χ0n) is 18.6. The Balaban J connectivity index is 1.55. The third-order valence-electron chi connectivity index (χ3n) is 5.91. The third-order valence-corrected chi connectivity index (χ3v) is 8.77. The summed E-state index contributed by atoms with van der Waals surface area (Å²) < 4.78 is 34.8. The summed E-state index contributed by atoms with van der Waals surface area (Å²) in [6, 6.07) is 5.10. The molecular formula is C22H30N4O4S2. The van der Waals surface area contributed by atoms with Gasteiger partial charge in [-0.25, -0.2) is 13.4 Å². The fourth-order valence-corrected chi connectivity index (χ4v) is 6.63. The molecule has 32 heavy (non-hydrogen) atoms. The molecule has 1 fully saturated rings. The van der Waals surface area contributed by atoms with E-state index in [9.17, 15) is 13.2 Å². The van der Waals surface area contributed by atoms with Gasteiger partial charge in [0.15, 0.2) is 5.16 Å². The molecule has 0 atom stereocenters. The van der Waals surface area contributed by atoms with E-state index in [-0.39, 0.29) is 10.8 Å². The van der Waals surface area contributed by atoms with E-state index < -0.39 is 10.0 Å². The molecule has 0 saturated carbocycles. The molecule has 2 aliphatic rings. The van der Waals surface area contributed by atoms with Gasteiger partial charge in [-0.2, -0.15) is 4.31 Å². The van der Waals surface area contributed by atoms with Crippen LogP contribution >= 0.6 is 11.8 Å². The maximum absolute atomic E-state index is 13.0. The van der Waals surface area contributed by atoms with Crippen LogP contribution in [-0.2, 0) is 26.1 Å². The van der Waals surface area contributed by atoms with E-state index in [0.717, 1.165) is 35.6 Å². The van der Waals surface area contributed by atoms with Gasteiger partial charge < -0.3 is 14.2 Å². The predicted octanol–water partition coefficient (Wildman–Crippen LogP) is 3.09. The monoisotopic (exact) mass is 478 g/mol. The number of carbonyl (C=O) groups excluding carboxylic acids is 1. The molecule has 1 aromatic heterocycles. The van der Waals surface area contributed by atoms with Gasteiger partial charge in [-0.3, -0.25) is 4.79 Å². The van der Waals surface area contributed by atoms with E-state index >= 15 is 0 Å². The number of nitrogens with zero attached hydrogens (tertiary/aromatic N) is 4. The average molecular weight is 479 g/mol. The molecule has 8 nitrogen and oxygen atoms in total. The number of sulfonamides is 1. The minimum atomic E-state index is -3.58. The molecule has 4 rings (SSSR count). The number of aryl methyl sites for hydroxylation is 1. The number of benzene rings is 1. The summed E-state index contributed by atoms with van der Waals surface area (Å²) in [5.41, 5.74) is 2.62. The van der Waals surface area contributed by atoms with Gasteiger partial charge in [0.25, 0.3) is 0 Å². The molecular weight excluding hydrogens is 448 g/mol. The largest absolute Gasteiger partial charge is 0.379 e. The molecule has 2 aromatic rings. The molecule has 10 heteroatoms. The van der Waals surface area contributed by atoms with Crippen molar-refractivity contribution < 1.29 is 17.9 Å². The van der Waals surface area contributed by atoms with Crippen LogP contribution in [-0.4, -0.2) is 71.7 Å². The number of ether oxygens (including phenoxy) is 1. The Morgan fingerprint density at radius 1 is 1.25 bits per heavy atom. The Hall–Kier alpha value is -1.88. The molecule has 1 aromatic carbocycles. The number of carbonyl (C=O) groups is 1. The molecule has 0 N–H and O–H groups in total. The lowest BCUT2D eigenvalue weighted by atomic mass is 10.3. The second kappa shape index (κ2) is 9.94. The number of hydrogen-bond donors (Lipinski definition) is 0. The Morgan fingerprint density at radius 2 is 2.03 bits per heavy atom. The van der Waals surface area contributed by atoms with Crippen molar-refractivity contribution in [2.45, 2.75) is 49.7 Å². The Morgan fingerprint density at radius 3 is 2.69 bits per heavy atom. The first-order chi connectivity index (χ1) is 15.5. The number of aromatic nitrogens is 2. The highest BCUT2D eigenvalue weighted by atomic mass is 32.2. The van der Waals surface area contributed by atoms with Crippen LogP contribution in [0.4, 0.5) is 0 Å². The third kappa shape index (κ3) is 4.59. The summed E-state index contributed by atoms with van der Waals surface area (Å²) >= 11 is 1.41. The molecule has 174 valence electrons. The van der Waals surface area contributed by atoms with E-state index in [1.54, 1.807) is 12.1 Å². The van der Waals surface area contributed by atoms with Gasteiger partial charge in [0.2, 0.25) is 15.9 Å². The van der Waals surface area contributed by atoms with Crippen molar-refractivity contribution in [3.63, 3.8) is 0 Å². The number of morpholine rings is 1. The molecule has 0 bridgehead atoms. The topological polar surface area (TPSA) is 84.7 Å². The summed E-state index contributed by atoms with van der Waals surface area (Å²) in [4.78, 5) is 19.6. The summed E-state index contributed by atoms with van der Waals surface area (Å²) in [5, 5.41) is 0.730. The van der Waals surface area contributed by atoms with Crippen molar-refractivity contribution in [3.8, 4) is 0 Å². The maximum atomic E-state index is 13.0. The lowest BCUT2D eigenvalue weighted by molar-refractivity contribution is -0.126. The van der Waals surface area contributed by atoms with E-state index in [4.69, 9.17) is 9.72 Å². The van der Waals surface area contributed by atoms with Crippen LogP contribution in [0.25, 0.3) is 11.0 Å². The summed E-state index contributed by atoms with van der Waals surface area (Å²) in [7, 11) is -3.58. The van der Waals surface area contributed by atoms with Crippen molar-refractivity contribution in [2.75, 3.05) is 38.6 Å². The number of imidazole rings is 1. The first-order valence-electron chi connectivity index (χ1n) is 11.2. The van der Waals surface area contributed by atoms with Gasteiger partial charge in [0.1, 0.15) is 0 Å². The van der Waals surface area contributed by atoms with E-state index in [0.29, 0.717) is 50.7 Å². The Bertz CT molecular complexity index is 1120. The normalized spacial score (nSPS) is 17.6. The highest BCUT2D eigenvalue weighted by molar-refractivity contribution is 7.99. The van der Waals surface area contributed by atoms with E-state index in [2.05, 4.69) is 6.08 Å². The summed E-state index contributed by atoms with van der Waals surface area (Å²) in [5.74, 6) is 0.379. The van der Waals surface area contributed by atoms with Crippen LogP contribution in [0.2, 0.25) is 0 Å². The summed E-state index contributed by atoms with van der Waals surface area (Å²) in [6.45, 7) is 6.91. The number of thioether (sulfide) groups is 1. The second-order valence-corrected chi connectivity index (χ2v) is 10.7. The first-order valence-corrected chi connectivity index (χ1v) is 13.6. The molecule has 0 radical (unpaired) electrons. The molecule has 2 heterocycles. The summed E-state index contributed by atoms with van der Waals surface area (Å²) in [6.07, 6.45) is 5.25. The molecule has 1 amide bonds. The van der Waals surface area contributed by atoms with Gasteiger partial charge in [-0.05, 0) is 51.3 Å². The first kappa shape index (κ1) is 23.3. The highest BCUT2D eigenvalue weighted by Crippen LogP contribution is 2.29. The molecule has 1 aliphatic heterocycles. The van der Waals surface area contributed by atoms with Gasteiger partial charge in [-0.15, -0.1) is 0 Å². The van der Waals surface area contributed by atoms with Crippen molar-refractivity contribution in [2.24, 2.45) is 0 Å². The van der Waals surface area contributed by atoms with Crippen LogP contribution in [0.15, 0.2) is 40.0 Å². The Kier molecular flexibility index (Phi) is 7.24. The van der Waals surface area contributed by atoms with Crippen molar-refractivity contribution in [1.29, 1.82) is 0 Å². The van der Waals surface area contributed by atoms with Gasteiger partial charge in [-0.1, -0.05) is 17.8 Å². The number of allylic oxidation sites excluding steroid dienone is 2. The molecule has 1 saturated heterocycles. The smallest absolute Gasteiger partial charge is 0.243 e. The number of rotatable bonds is 8. The van der Waals surface area contributed by atoms with Crippen LogP contribution < -0.4 is 0 Å². The van der Waals surface area contributed by atoms with E-state index in [1.807, 2.05) is 29.4 Å². The van der Waals surface area contributed by atoms with Crippen LogP contribution in [0.1, 0.15) is 33.1 Å². The van der Waals surface area contributed by atoms with Gasteiger partial charge in [0.05, 0.1) is 34.9 Å². The highest BCUT2D eigenvalue weighted by Gasteiger charge is 2.27. The quantitative estimate of drug-likeness (QED) is 0.542. The van der Waals surface area contributed by atoms with Crippen molar-refractivity contribution >= 4 is 38.7 Å². The van der Waals surface area contributed by atoms with Crippen LogP contribution in [0.5, 0.6) is 0 Å². The average Bonchev–Trinajstić information content (AvgIpc) is 3.46. The molecule has 1 aliphatic carbocycles. The van der Waals surface area contributed by atoms with Crippen LogP contribution in [0, 0.1) is 0 Å². The SMILES string of the molecule is CCN(C(=O)CSc1nc2cc(S(=O)(=O)N3CCOCC3)ccc2n1CC)C1=CCCC1. The van der Waals surface area contributed by atoms with Gasteiger partial charge >= 0.3 is 0 Å². The van der Waals surface area contributed by atoms with Crippen LogP contribution in [0.3, 0.4) is 0 Å². The van der Waals surface area contributed by atoms with E-state index in [1.165, 1.54) is 16.1 Å². The zero-order chi connectivity index (χ0) is 22.7. The predicted molar refractivity (Wildman–Crippen MR) is 125 cm³/mol.